The molecule has 2 aliphatic rings. The lowest BCUT2D eigenvalue weighted by atomic mass is 9.96. The number of aryl methyl sites for hydroxylation is 1. The molecule has 2 amide bonds. The fraction of sp³-hybridized carbons (Fsp3) is 0.440. The first-order valence-electron chi connectivity index (χ1n) is 11.4. The van der Waals surface area contributed by atoms with Crippen molar-refractivity contribution < 1.29 is 18.7 Å². The topological polar surface area (TPSA) is 87.9 Å². The molecule has 0 bridgehead atoms. The fourth-order valence-electron chi connectivity index (χ4n) is 4.32. The second-order valence-corrected chi connectivity index (χ2v) is 8.99. The molecule has 0 saturated heterocycles. The lowest BCUT2D eigenvalue weighted by Crippen LogP contribution is -2.52. The minimum absolute atomic E-state index is 0.0735. The zero-order chi connectivity index (χ0) is 23.7. The Kier molecular flexibility index (Phi) is 6.67. The van der Waals surface area contributed by atoms with Crippen molar-refractivity contribution in [1.82, 2.24) is 5.32 Å². The van der Waals surface area contributed by atoms with E-state index in [1.54, 1.807) is 17.9 Å². The zero-order valence-corrected chi connectivity index (χ0v) is 19.3. The molecule has 0 aromatic heterocycles. The van der Waals surface area contributed by atoms with Crippen LogP contribution in [0.1, 0.15) is 43.7 Å². The number of carbonyl (C=O) groups is 2. The van der Waals surface area contributed by atoms with Gasteiger partial charge < -0.3 is 20.7 Å². The van der Waals surface area contributed by atoms with Crippen LogP contribution in [0.25, 0.3) is 0 Å². The number of rotatable bonds is 6. The van der Waals surface area contributed by atoms with Crippen molar-refractivity contribution in [2.75, 3.05) is 29.4 Å². The summed E-state index contributed by atoms with van der Waals surface area (Å²) in [6, 6.07) is 10.2. The van der Waals surface area contributed by atoms with Crippen LogP contribution in [0, 0.1) is 12.7 Å². The minimum Gasteiger partial charge on any atom is -0.410 e. The summed E-state index contributed by atoms with van der Waals surface area (Å²) < 4.78 is 19.3. The van der Waals surface area contributed by atoms with Gasteiger partial charge in [0.05, 0.1) is 17.4 Å². The normalized spacial score (nSPS) is 18.6. The molecule has 7 nitrogen and oxygen atoms in total. The second kappa shape index (κ2) is 9.49. The van der Waals surface area contributed by atoms with Gasteiger partial charge in [0, 0.05) is 44.6 Å². The number of carbonyl (C=O) groups excluding carboxylic acids is 2. The maximum absolute atomic E-state index is 13.7. The Hall–Kier alpha value is -2.97. The van der Waals surface area contributed by atoms with Crippen LogP contribution in [0.5, 0.6) is 5.75 Å². The third-order valence-corrected chi connectivity index (χ3v) is 6.33. The molecule has 4 rings (SSSR count). The average Bonchev–Trinajstić information content (AvgIpc) is 3.60. The molecule has 2 aromatic rings. The van der Waals surface area contributed by atoms with Crippen molar-refractivity contribution in [3.8, 4) is 5.75 Å². The lowest BCUT2D eigenvalue weighted by molar-refractivity contribution is -0.117. The van der Waals surface area contributed by atoms with Crippen molar-refractivity contribution in [2.24, 2.45) is 5.73 Å². The van der Waals surface area contributed by atoms with Crippen LogP contribution in [-0.4, -0.2) is 43.7 Å². The Morgan fingerprint density at radius 3 is 2.64 bits per heavy atom. The standard InChI is InChI=1S/C25H31FN4O3/c1-15-4-6-20(26)11-24(15)33-25(32)29-14-16(2)30(17(3)31)22-9-5-18(10-23(22)29)19(12-27)13-28-21-7-8-21/h4-6,9-11,16,19,21,28H,7-8,12-14,27H2,1-3H3/t16-,19?/m0/s1. The first-order valence-corrected chi connectivity index (χ1v) is 11.4. The summed E-state index contributed by atoms with van der Waals surface area (Å²) in [5.74, 6) is -0.330. The number of nitrogens with zero attached hydrogens (tertiary/aromatic N) is 2. The van der Waals surface area contributed by atoms with Crippen molar-refractivity contribution >= 4 is 23.4 Å². The van der Waals surface area contributed by atoms with Gasteiger partial charge in [0.1, 0.15) is 11.6 Å². The summed E-state index contributed by atoms with van der Waals surface area (Å²) >= 11 is 0. The molecule has 33 heavy (non-hydrogen) atoms. The molecule has 2 atom stereocenters. The van der Waals surface area contributed by atoms with E-state index in [4.69, 9.17) is 10.5 Å². The van der Waals surface area contributed by atoms with Gasteiger partial charge in [-0.05, 0) is 56.0 Å². The van der Waals surface area contributed by atoms with Crippen molar-refractivity contribution in [2.45, 2.75) is 51.6 Å². The molecule has 176 valence electrons. The quantitative estimate of drug-likeness (QED) is 0.695. The van der Waals surface area contributed by atoms with Gasteiger partial charge in [0.25, 0.3) is 0 Å². The molecule has 1 heterocycles. The summed E-state index contributed by atoms with van der Waals surface area (Å²) in [4.78, 5) is 28.8. The van der Waals surface area contributed by atoms with Crippen LogP contribution >= 0.6 is 0 Å². The van der Waals surface area contributed by atoms with E-state index >= 15 is 0 Å². The number of fused-ring (bicyclic) bond motifs is 1. The highest BCUT2D eigenvalue weighted by atomic mass is 19.1. The maximum Gasteiger partial charge on any atom is 0.419 e. The van der Waals surface area contributed by atoms with Crippen LogP contribution in [0.2, 0.25) is 0 Å². The van der Waals surface area contributed by atoms with Crippen molar-refractivity contribution in [3.63, 3.8) is 0 Å². The highest BCUT2D eigenvalue weighted by Gasteiger charge is 2.35. The Balaban J connectivity index is 1.67. The SMILES string of the molecule is CC(=O)N1c2ccc(C(CN)CNC3CC3)cc2N(C(=O)Oc2cc(F)ccc2C)C[C@@H]1C. The summed E-state index contributed by atoms with van der Waals surface area (Å²) in [5, 5.41) is 3.51. The van der Waals surface area contributed by atoms with Crippen molar-refractivity contribution in [1.29, 1.82) is 0 Å². The average molecular weight is 455 g/mol. The number of hydrogen-bond acceptors (Lipinski definition) is 5. The molecule has 1 aliphatic heterocycles. The molecule has 1 saturated carbocycles. The third kappa shape index (κ3) is 5.02. The van der Waals surface area contributed by atoms with E-state index < -0.39 is 11.9 Å². The van der Waals surface area contributed by atoms with Gasteiger partial charge in [-0.15, -0.1) is 0 Å². The van der Waals surface area contributed by atoms with Crippen LogP contribution in [0.3, 0.4) is 0 Å². The summed E-state index contributed by atoms with van der Waals surface area (Å²) in [7, 11) is 0. The van der Waals surface area contributed by atoms with Gasteiger partial charge in [0.15, 0.2) is 0 Å². The molecule has 0 radical (unpaired) electrons. The molecule has 8 heteroatoms. The molecule has 0 spiro atoms. The summed E-state index contributed by atoms with van der Waals surface area (Å²) in [5.41, 5.74) is 8.94. The highest BCUT2D eigenvalue weighted by molar-refractivity contribution is 6.02. The Morgan fingerprint density at radius 1 is 1.21 bits per heavy atom. The van der Waals surface area contributed by atoms with Crippen LogP contribution in [0.4, 0.5) is 20.6 Å². The monoisotopic (exact) mass is 454 g/mol. The molecule has 1 unspecified atom stereocenters. The first-order chi connectivity index (χ1) is 15.8. The van der Waals surface area contributed by atoms with Gasteiger partial charge in [-0.2, -0.15) is 0 Å². The Bertz CT molecular complexity index is 1060. The number of benzene rings is 2. The van der Waals surface area contributed by atoms with Crippen LogP contribution < -0.4 is 25.6 Å². The van der Waals surface area contributed by atoms with Gasteiger partial charge in [-0.1, -0.05) is 12.1 Å². The Morgan fingerprint density at radius 2 is 1.97 bits per heavy atom. The van der Waals surface area contributed by atoms with E-state index in [0.717, 1.165) is 12.1 Å². The predicted octanol–water partition coefficient (Wildman–Crippen LogP) is 3.69. The van der Waals surface area contributed by atoms with Gasteiger partial charge in [0.2, 0.25) is 5.91 Å². The van der Waals surface area contributed by atoms with Crippen molar-refractivity contribution in [3.05, 3.63) is 53.3 Å². The van der Waals surface area contributed by atoms with Gasteiger partial charge >= 0.3 is 6.09 Å². The number of anilines is 2. The second-order valence-electron chi connectivity index (χ2n) is 8.99. The number of halogens is 1. The zero-order valence-electron chi connectivity index (χ0n) is 19.3. The largest absolute Gasteiger partial charge is 0.419 e. The highest BCUT2D eigenvalue weighted by Crippen LogP contribution is 2.38. The number of hydrogen-bond donors (Lipinski definition) is 2. The van der Waals surface area contributed by atoms with Crippen LogP contribution in [-0.2, 0) is 4.79 Å². The number of amides is 2. The number of nitrogens with one attached hydrogen (secondary N) is 1. The smallest absolute Gasteiger partial charge is 0.410 e. The summed E-state index contributed by atoms with van der Waals surface area (Å²) in [6.07, 6.45) is 1.76. The van der Waals surface area contributed by atoms with E-state index in [-0.39, 0.29) is 30.2 Å². The molecule has 3 N–H and O–H groups in total. The number of ether oxygens (including phenoxy) is 1. The fourth-order valence-corrected chi connectivity index (χ4v) is 4.32. The minimum atomic E-state index is -0.613. The van der Waals surface area contributed by atoms with E-state index in [2.05, 4.69) is 5.32 Å². The number of nitrogens with two attached hydrogens (primary N) is 1. The van der Waals surface area contributed by atoms with E-state index in [9.17, 15) is 14.0 Å². The van der Waals surface area contributed by atoms with Gasteiger partial charge in [-0.3, -0.25) is 9.69 Å². The Labute approximate surface area is 193 Å². The van der Waals surface area contributed by atoms with E-state index in [1.807, 2.05) is 25.1 Å². The third-order valence-electron chi connectivity index (χ3n) is 6.33. The van der Waals surface area contributed by atoms with E-state index in [1.165, 1.54) is 36.8 Å². The molecular weight excluding hydrogens is 423 g/mol. The predicted molar refractivity (Wildman–Crippen MR) is 126 cm³/mol. The van der Waals surface area contributed by atoms with Crippen LogP contribution in [0.15, 0.2) is 36.4 Å². The van der Waals surface area contributed by atoms with Gasteiger partial charge in [-0.25, -0.2) is 9.18 Å². The lowest BCUT2D eigenvalue weighted by Gasteiger charge is -2.40. The molecule has 1 fully saturated rings. The molecule has 1 aliphatic carbocycles. The molecule has 2 aromatic carbocycles. The first kappa shape index (κ1) is 23.2. The maximum atomic E-state index is 13.7. The summed E-state index contributed by atoms with van der Waals surface area (Å²) in [6.45, 7) is 6.62. The van der Waals surface area contributed by atoms with E-state index in [0.29, 0.717) is 29.5 Å². The molecular formula is C25H31FN4O3.